The highest BCUT2D eigenvalue weighted by molar-refractivity contribution is 7.88. The molecule has 0 unspecified atom stereocenters. The van der Waals surface area contributed by atoms with Gasteiger partial charge in [0.1, 0.15) is 23.8 Å². The van der Waals surface area contributed by atoms with Crippen molar-refractivity contribution in [3.63, 3.8) is 0 Å². The average Bonchev–Trinajstić information content (AvgIpc) is 3.55. The van der Waals surface area contributed by atoms with Crippen molar-refractivity contribution in [2.75, 3.05) is 26.5 Å². The normalized spacial score (nSPS) is 14.3. The molecule has 0 radical (unpaired) electrons. The predicted molar refractivity (Wildman–Crippen MR) is 121 cm³/mol. The number of hydrogen-bond donors (Lipinski definition) is 2. The molecule has 1 fully saturated rings. The first-order valence-corrected chi connectivity index (χ1v) is 12.2. The Morgan fingerprint density at radius 3 is 2.52 bits per heavy atom. The molecule has 1 aliphatic rings. The van der Waals surface area contributed by atoms with Crippen LogP contribution in [0.1, 0.15) is 18.7 Å². The molecule has 3 aromatic rings. The minimum atomic E-state index is -3.26. The highest BCUT2D eigenvalue weighted by atomic mass is 32.2. The maximum atomic E-state index is 11.1. The van der Waals surface area contributed by atoms with Crippen LogP contribution in [0.3, 0.4) is 0 Å². The standard InChI is InChI=1S/C22H24N4O6S/c1-30-18-10-7-16(13-23-18)19-21(32-22(25-19)20(26-27)14-3-4-14)15-5-8-17(9-6-15)31-12-11-24-33(2,28)29/h5-10,13-14,24,27H,3-4,11-12H2,1-2H3. The molecule has 4 rings (SSSR count). The van der Waals surface area contributed by atoms with Crippen molar-refractivity contribution in [3.8, 4) is 34.2 Å². The van der Waals surface area contributed by atoms with Gasteiger partial charge in [0.2, 0.25) is 21.8 Å². The number of ether oxygens (including phenoxy) is 2. The van der Waals surface area contributed by atoms with E-state index < -0.39 is 10.0 Å². The molecule has 2 heterocycles. The van der Waals surface area contributed by atoms with Gasteiger partial charge in [0.25, 0.3) is 0 Å². The second kappa shape index (κ2) is 9.59. The highest BCUT2D eigenvalue weighted by Gasteiger charge is 2.33. The molecule has 0 amide bonds. The molecule has 0 spiro atoms. The quantitative estimate of drug-likeness (QED) is 0.199. The largest absolute Gasteiger partial charge is 0.492 e. The molecule has 0 atom stereocenters. The fourth-order valence-electron chi connectivity index (χ4n) is 3.22. The van der Waals surface area contributed by atoms with Gasteiger partial charge in [-0.25, -0.2) is 23.1 Å². The number of oxime groups is 1. The molecular weight excluding hydrogens is 448 g/mol. The molecule has 10 nitrogen and oxygen atoms in total. The Morgan fingerprint density at radius 2 is 1.94 bits per heavy atom. The van der Waals surface area contributed by atoms with Crippen molar-refractivity contribution >= 4 is 15.7 Å². The SMILES string of the molecule is COc1ccc(-c2nc(C(=NO)C3CC3)oc2-c2ccc(OCCNS(C)(=O)=O)cc2)cn1. The molecular formula is C22H24N4O6S. The first-order valence-electron chi connectivity index (χ1n) is 10.3. The van der Waals surface area contributed by atoms with E-state index in [1.165, 1.54) is 0 Å². The number of methoxy groups -OCH3 is 1. The van der Waals surface area contributed by atoms with E-state index >= 15 is 0 Å². The zero-order chi connectivity index (χ0) is 23.4. The van der Waals surface area contributed by atoms with Crippen LogP contribution in [-0.2, 0) is 10.0 Å². The van der Waals surface area contributed by atoms with Gasteiger partial charge in [0.15, 0.2) is 5.76 Å². The van der Waals surface area contributed by atoms with Crippen LogP contribution in [0.15, 0.2) is 52.2 Å². The minimum Gasteiger partial charge on any atom is -0.492 e. The Balaban J connectivity index is 1.60. The van der Waals surface area contributed by atoms with Gasteiger partial charge in [-0.1, -0.05) is 5.16 Å². The van der Waals surface area contributed by atoms with Gasteiger partial charge in [-0.2, -0.15) is 0 Å². The van der Waals surface area contributed by atoms with Crippen LogP contribution in [0.2, 0.25) is 0 Å². The first-order chi connectivity index (χ1) is 15.9. The predicted octanol–water partition coefficient (Wildman–Crippen LogP) is 2.93. The summed E-state index contributed by atoms with van der Waals surface area (Å²) < 4.78 is 41.4. The van der Waals surface area contributed by atoms with Crippen LogP contribution in [0, 0.1) is 5.92 Å². The number of sulfonamides is 1. The molecule has 1 saturated carbocycles. The smallest absolute Gasteiger partial charge is 0.245 e. The summed E-state index contributed by atoms with van der Waals surface area (Å²) in [7, 11) is -1.71. The lowest BCUT2D eigenvalue weighted by Crippen LogP contribution is -2.26. The molecule has 11 heteroatoms. The number of oxazole rings is 1. The number of aromatic nitrogens is 2. The van der Waals surface area contributed by atoms with Crippen molar-refractivity contribution in [2.45, 2.75) is 12.8 Å². The van der Waals surface area contributed by atoms with Gasteiger partial charge >= 0.3 is 0 Å². The third-order valence-electron chi connectivity index (χ3n) is 4.99. The number of nitrogens with zero attached hydrogens (tertiary/aromatic N) is 3. The maximum absolute atomic E-state index is 11.1. The topological polar surface area (TPSA) is 136 Å². The second-order valence-corrected chi connectivity index (χ2v) is 9.42. The van der Waals surface area contributed by atoms with E-state index in [2.05, 4.69) is 19.8 Å². The summed E-state index contributed by atoms with van der Waals surface area (Å²) in [5.74, 6) is 1.97. The Morgan fingerprint density at radius 1 is 1.21 bits per heavy atom. The molecule has 2 N–H and O–H groups in total. The number of rotatable bonds is 10. The van der Waals surface area contributed by atoms with Gasteiger partial charge < -0.3 is 19.1 Å². The van der Waals surface area contributed by atoms with Crippen molar-refractivity contribution < 1.29 is 27.5 Å². The van der Waals surface area contributed by atoms with Crippen LogP contribution in [0.25, 0.3) is 22.6 Å². The zero-order valence-electron chi connectivity index (χ0n) is 18.2. The fraction of sp³-hybridized carbons (Fsp3) is 0.318. The molecule has 0 bridgehead atoms. The van der Waals surface area contributed by atoms with Crippen molar-refractivity contribution in [3.05, 3.63) is 48.5 Å². The molecule has 2 aromatic heterocycles. The third-order valence-corrected chi connectivity index (χ3v) is 5.72. The van der Waals surface area contributed by atoms with E-state index in [0.717, 1.165) is 30.2 Å². The zero-order valence-corrected chi connectivity index (χ0v) is 19.0. The molecule has 33 heavy (non-hydrogen) atoms. The van der Waals surface area contributed by atoms with E-state index in [1.54, 1.807) is 31.5 Å². The summed E-state index contributed by atoms with van der Waals surface area (Å²) in [6.07, 6.45) is 4.59. The van der Waals surface area contributed by atoms with Crippen LogP contribution in [-0.4, -0.2) is 55.8 Å². The average molecular weight is 473 g/mol. The highest BCUT2D eigenvalue weighted by Crippen LogP contribution is 2.38. The van der Waals surface area contributed by atoms with Gasteiger partial charge in [-0.05, 0) is 43.2 Å². The molecule has 1 aromatic carbocycles. The van der Waals surface area contributed by atoms with Crippen molar-refractivity contribution in [1.29, 1.82) is 0 Å². The van der Waals surface area contributed by atoms with Gasteiger partial charge in [-0.3, -0.25) is 0 Å². The summed E-state index contributed by atoms with van der Waals surface area (Å²) in [6.45, 7) is 0.366. The van der Waals surface area contributed by atoms with Crippen molar-refractivity contribution in [2.24, 2.45) is 11.1 Å². The molecule has 0 saturated heterocycles. The van der Waals surface area contributed by atoms with Crippen LogP contribution in [0.4, 0.5) is 0 Å². The summed E-state index contributed by atoms with van der Waals surface area (Å²) in [4.78, 5) is 8.87. The van der Waals surface area contributed by atoms with Crippen LogP contribution < -0.4 is 14.2 Å². The van der Waals surface area contributed by atoms with E-state index in [0.29, 0.717) is 28.8 Å². The Bertz CT molecular complexity index is 1230. The monoisotopic (exact) mass is 472 g/mol. The lowest BCUT2D eigenvalue weighted by Gasteiger charge is -2.07. The Kier molecular flexibility index (Phi) is 6.61. The van der Waals surface area contributed by atoms with Crippen LogP contribution in [0.5, 0.6) is 11.6 Å². The number of hydrogen-bond acceptors (Lipinski definition) is 9. The summed E-state index contributed by atoms with van der Waals surface area (Å²) in [5.41, 5.74) is 2.46. The maximum Gasteiger partial charge on any atom is 0.245 e. The summed E-state index contributed by atoms with van der Waals surface area (Å²) in [6, 6.07) is 10.7. The molecule has 0 aliphatic heterocycles. The molecule has 1 aliphatic carbocycles. The van der Waals surface area contributed by atoms with Gasteiger partial charge in [0.05, 0.1) is 13.4 Å². The minimum absolute atomic E-state index is 0.139. The third kappa shape index (κ3) is 5.68. The van der Waals surface area contributed by atoms with E-state index in [9.17, 15) is 13.6 Å². The van der Waals surface area contributed by atoms with E-state index in [-0.39, 0.29) is 25.0 Å². The second-order valence-electron chi connectivity index (χ2n) is 7.58. The summed E-state index contributed by atoms with van der Waals surface area (Å²) in [5, 5.41) is 12.9. The van der Waals surface area contributed by atoms with Crippen molar-refractivity contribution in [1.82, 2.24) is 14.7 Å². The Hall–Kier alpha value is -3.44. The number of benzene rings is 1. The van der Waals surface area contributed by atoms with Crippen LogP contribution >= 0.6 is 0 Å². The lowest BCUT2D eigenvalue weighted by molar-refractivity contribution is 0.315. The number of pyridine rings is 1. The fourth-order valence-corrected chi connectivity index (χ4v) is 3.67. The molecule has 174 valence electrons. The lowest BCUT2D eigenvalue weighted by atomic mass is 10.1. The van der Waals surface area contributed by atoms with E-state index in [1.807, 2.05) is 18.2 Å². The summed E-state index contributed by atoms with van der Waals surface area (Å²) >= 11 is 0. The van der Waals surface area contributed by atoms with E-state index in [4.69, 9.17) is 13.9 Å². The first kappa shape index (κ1) is 22.7. The van der Waals surface area contributed by atoms with Gasteiger partial charge in [0, 0.05) is 35.9 Å². The number of nitrogens with one attached hydrogen (secondary N) is 1. The van der Waals surface area contributed by atoms with Gasteiger partial charge in [-0.15, -0.1) is 0 Å². The Labute approximate surface area is 191 Å².